The van der Waals surface area contributed by atoms with Crippen molar-refractivity contribution in [3.8, 4) is 11.5 Å². The third-order valence-electron chi connectivity index (χ3n) is 7.98. The zero-order valence-electron chi connectivity index (χ0n) is 26.4. The SMILES string of the molecule is CCCCCCCCCCCCC(Oc1ccc(C)cc1)C(=O)OCCCCOc1ccc(N2CCS(=O)(=O)CC2)cc1. The van der Waals surface area contributed by atoms with Crippen molar-refractivity contribution in [1.29, 1.82) is 0 Å². The van der Waals surface area contributed by atoms with Gasteiger partial charge in [0.1, 0.15) is 11.5 Å². The third-order valence-corrected chi connectivity index (χ3v) is 9.59. The van der Waals surface area contributed by atoms with Crippen LogP contribution in [0, 0.1) is 6.92 Å². The van der Waals surface area contributed by atoms with Crippen molar-refractivity contribution in [2.75, 3.05) is 42.7 Å². The summed E-state index contributed by atoms with van der Waals surface area (Å²) in [6.45, 7) is 6.20. The number of anilines is 1. The van der Waals surface area contributed by atoms with Crippen molar-refractivity contribution in [1.82, 2.24) is 0 Å². The second-order valence-corrected chi connectivity index (χ2v) is 14.0. The molecule has 0 aromatic heterocycles. The Balaban J connectivity index is 1.32. The highest BCUT2D eigenvalue weighted by Crippen LogP contribution is 2.22. The van der Waals surface area contributed by atoms with Crippen LogP contribution < -0.4 is 14.4 Å². The lowest BCUT2D eigenvalue weighted by atomic mass is 10.0. The number of ether oxygens (including phenoxy) is 3. The average molecular weight is 616 g/mol. The average Bonchev–Trinajstić information content (AvgIpc) is 3.00. The van der Waals surface area contributed by atoms with Gasteiger partial charge in [0.2, 0.25) is 0 Å². The Hall–Kier alpha value is -2.74. The first kappa shape index (κ1) is 34.7. The van der Waals surface area contributed by atoms with Crippen molar-refractivity contribution >= 4 is 21.5 Å². The summed E-state index contributed by atoms with van der Waals surface area (Å²) in [6.07, 6.45) is 14.0. The van der Waals surface area contributed by atoms with Gasteiger partial charge in [0.05, 0.1) is 24.7 Å². The summed E-state index contributed by atoms with van der Waals surface area (Å²) < 4.78 is 40.9. The number of carbonyl (C=O) groups excluding carboxylic acids is 1. The van der Waals surface area contributed by atoms with Gasteiger partial charge in [0.15, 0.2) is 15.9 Å². The van der Waals surface area contributed by atoms with Gasteiger partial charge in [0.25, 0.3) is 0 Å². The topological polar surface area (TPSA) is 82.1 Å². The minimum atomic E-state index is -2.89. The van der Waals surface area contributed by atoms with E-state index in [1.807, 2.05) is 55.5 Å². The molecule has 0 bridgehead atoms. The van der Waals surface area contributed by atoms with E-state index in [0.29, 0.717) is 44.9 Å². The zero-order valence-corrected chi connectivity index (χ0v) is 27.3. The molecule has 1 aliphatic heterocycles. The summed E-state index contributed by atoms with van der Waals surface area (Å²) in [4.78, 5) is 15.0. The van der Waals surface area contributed by atoms with Crippen molar-refractivity contribution < 1.29 is 27.4 Å². The van der Waals surface area contributed by atoms with E-state index < -0.39 is 15.9 Å². The van der Waals surface area contributed by atoms with Crippen LogP contribution in [0.5, 0.6) is 11.5 Å². The highest BCUT2D eigenvalue weighted by molar-refractivity contribution is 7.91. The van der Waals surface area contributed by atoms with Gasteiger partial charge in [-0.3, -0.25) is 0 Å². The fraction of sp³-hybridized carbons (Fsp3) is 0.629. The molecule has 2 aromatic carbocycles. The second-order valence-electron chi connectivity index (χ2n) is 11.7. The van der Waals surface area contributed by atoms with E-state index >= 15 is 0 Å². The number of unbranched alkanes of at least 4 members (excludes halogenated alkanes) is 10. The molecule has 0 amide bonds. The van der Waals surface area contributed by atoms with Gasteiger partial charge in [-0.15, -0.1) is 0 Å². The third kappa shape index (κ3) is 14.1. The molecule has 1 fully saturated rings. The van der Waals surface area contributed by atoms with Gasteiger partial charge in [-0.05, 0) is 69.0 Å². The summed E-state index contributed by atoms with van der Waals surface area (Å²) in [5.41, 5.74) is 2.16. The molecule has 1 aliphatic rings. The Morgan fingerprint density at radius 2 is 1.30 bits per heavy atom. The number of rotatable bonds is 21. The number of aryl methyl sites for hydroxylation is 1. The van der Waals surface area contributed by atoms with Crippen LogP contribution in [0.25, 0.3) is 0 Å². The number of nitrogens with zero attached hydrogens (tertiary/aromatic N) is 1. The van der Waals surface area contributed by atoms with Crippen LogP contribution in [-0.2, 0) is 19.4 Å². The summed E-state index contributed by atoms with van der Waals surface area (Å²) in [5.74, 6) is 1.58. The van der Waals surface area contributed by atoms with Crippen LogP contribution in [0.2, 0.25) is 0 Å². The number of benzene rings is 2. The lowest BCUT2D eigenvalue weighted by Gasteiger charge is -2.28. The normalized spacial score (nSPS) is 15.2. The molecule has 2 aromatic rings. The van der Waals surface area contributed by atoms with E-state index in [-0.39, 0.29) is 17.5 Å². The predicted octanol–water partition coefficient (Wildman–Crippen LogP) is 7.69. The maximum atomic E-state index is 12.9. The molecule has 0 N–H and O–H groups in total. The van der Waals surface area contributed by atoms with Crippen molar-refractivity contribution in [2.45, 2.75) is 103 Å². The number of sulfone groups is 1. The molecule has 3 rings (SSSR count). The van der Waals surface area contributed by atoms with Crippen LogP contribution in [0.3, 0.4) is 0 Å². The van der Waals surface area contributed by atoms with E-state index in [9.17, 15) is 13.2 Å². The Bertz CT molecular complexity index is 1140. The maximum absolute atomic E-state index is 12.9. The molecule has 0 saturated carbocycles. The summed E-state index contributed by atoms with van der Waals surface area (Å²) >= 11 is 0. The molecule has 7 nitrogen and oxygen atoms in total. The number of esters is 1. The van der Waals surface area contributed by atoms with Crippen LogP contribution >= 0.6 is 0 Å². The minimum Gasteiger partial charge on any atom is -0.494 e. The van der Waals surface area contributed by atoms with Crippen molar-refractivity contribution in [3.05, 3.63) is 54.1 Å². The van der Waals surface area contributed by atoms with Crippen LogP contribution in [0.15, 0.2) is 48.5 Å². The minimum absolute atomic E-state index is 0.202. The molecule has 0 spiro atoms. The van der Waals surface area contributed by atoms with E-state index in [0.717, 1.165) is 36.3 Å². The van der Waals surface area contributed by atoms with E-state index in [4.69, 9.17) is 14.2 Å². The molecular weight excluding hydrogens is 562 g/mol. The summed E-state index contributed by atoms with van der Waals surface area (Å²) in [6, 6.07) is 15.6. The van der Waals surface area contributed by atoms with Gasteiger partial charge < -0.3 is 19.1 Å². The van der Waals surface area contributed by atoms with Crippen molar-refractivity contribution in [2.24, 2.45) is 0 Å². The fourth-order valence-electron chi connectivity index (χ4n) is 5.21. The fourth-order valence-corrected chi connectivity index (χ4v) is 6.41. The number of hydrogen-bond acceptors (Lipinski definition) is 7. The summed E-state index contributed by atoms with van der Waals surface area (Å²) in [7, 11) is -2.89. The quantitative estimate of drug-likeness (QED) is 0.105. The van der Waals surface area contributed by atoms with E-state index in [1.165, 1.54) is 51.4 Å². The summed E-state index contributed by atoms with van der Waals surface area (Å²) in [5, 5.41) is 0. The smallest absolute Gasteiger partial charge is 0.347 e. The zero-order chi connectivity index (χ0) is 30.8. The Morgan fingerprint density at radius 1 is 0.744 bits per heavy atom. The molecule has 1 heterocycles. The molecule has 0 aliphatic carbocycles. The van der Waals surface area contributed by atoms with E-state index in [2.05, 4.69) is 11.8 Å². The molecule has 1 atom stereocenters. The number of carbonyl (C=O) groups is 1. The molecule has 0 radical (unpaired) electrons. The molecule has 240 valence electrons. The maximum Gasteiger partial charge on any atom is 0.347 e. The van der Waals surface area contributed by atoms with Crippen molar-refractivity contribution in [3.63, 3.8) is 0 Å². The van der Waals surface area contributed by atoms with Gasteiger partial charge in [0, 0.05) is 18.8 Å². The largest absolute Gasteiger partial charge is 0.494 e. The Kier molecular flexibility index (Phi) is 15.8. The van der Waals surface area contributed by atoms with Gasteiger partial charge >= 0.3 is 5.97 Å². The Morgan fingerprint density at radius 3 is 1.93 bits per heavy atom. The lowest BCUT2D eigenvalue weighted by molar-refractivity contribution is -0.152. The van der Waals surface area contributed by atoms with Gasteiger partial charge in [-0.25, -0.2) is 13.2 Å². The Labute approximate surface area is 260 Å². The van der Waals surface area contributed by atoms with Gasteiger partial charge in [-0.1, -0.05) is 82.4 Å². The van der Waals surface area contributed by atoms with E-state index in [1.54, 1.807) is 0 Å². The predicted molar refractivity (Wildman–Crippen MR) is 175 cm³/mol. The van der Waals surface area contributed by atoms with Crippen LogP contribution in [-0.4, -0.2) is 58.3 Å². The molecule has 8 heteroatoms. The highest BCUT2D eigenvalue weighted by atomic mass is 32.2. The first-order chi connectivity index (χ1) is 20.9. The first-order valence-electron chi connectivity index (χ1n) is 16.4. The van der Waals surface area contributed by atoms with Crippen LogP contribution in [0.4, 0.5) is 5.69 Å². The monoisotopic (exact) mass is 615 g/mol. The van der Waals surface area contributed by atoms with Crippen LogP contribution in [0.1, 0.15) is 96.0 Å². The molecule has 1 saturated heterocycles. The molecule has 1 unspecified atom stereocenters. The second kappa shape index (κ2) is 19.5. The van der Waals surface area contributed by atoms with Gasteiger partial charge in [-0.2, -0.15) is 0 Å². The molecular formula is C35H53NO6S. The number of hydrogen-bond donors (Lipinski definition) is 0. The lowest BCUT2D eigenvalue weighted by Crippen LogP contribution is -2.40. The molecule has 43 heavy (non-hydrogen) atoms. The first-order valence-corrected chi connectivity index (χ1v) is 18.3. The highest BCUT2D eigenvalue weighted by Gasteiger charge is 2.23. The standard InChI is InChI=1S/C35H53NO6S/c1-3-4-5-6-7-8-9-10-11-12-15-34(42-33-20-16-30(2)17-21-33)35(37)41-27-14-13-26-40-32-22-18-31(19-23-32)36-24-28-43(38,39)29-25-36/h16-23,34H,3-15,24-29H2,1-2H3.